The second-order valence-corrected chi connectivity index (χ2v) is 6.88. The van der Waals surface area contributed by atoms with E-state index in [1.807, 2.05) is 0 Å². The van der Waals surface area contributed by atoms with Crippen LogP contribution in [-0.2, 0) is 9.59 Å². The van der Waals surface area contributed by atoms with Gasteiger partial charge in [0.2, 0.25) is 0 Å². The van der Waals surface area contributed by atoms with Crippen molar-refractivity contribution in [2.24, 2.45) is 0 Å². The van der Waals surface area contributed by atoms with Gasteiger partial charge in [0, 0.05) is 16.8 Å². The summed E-state index contributed by atoms with van der Waals surface area (Å²) in [6.45, 7) is 0. The van der Waals surface area contributed by atoms with Crippen molar-refractivity contribution in [1.82, 2.24) is 4.98 Å². The molecule has 1 N–H and O–H groups in total. The molecule has 0 saturated carbocycles. The molecular formula is C22H14ClFN2O3. The number of carbonyl (C=O) groups is 2. The van der Waals surface area contributed by atoms with Crippen LogP contribution in [0.15, 0.2) is 78.6 Å². The molecule has 5 nitrogen and oxygen atoms in total. The van der Waals surface area contributed by atoms with Gasteiger partial charge in [-0.15, -0.1) is 0 Å². The molecule has 3 aromatic rings. The average Bonchev–Trinajstić information content (AvgIpc) is 3.00. The Kier molecular flexibility index (Phi) is 4.86. The second-order valence-electron chi connectivity index (χ2n) is 6.44. The van der Waals surface area contributed by atoms with E-state index in [4.69, 9.17) is 11.6 Å². The van der Waals surface area contributed by atoms with Gasteiger partial charge in [-0.2, -0.15) is 0 Å². The largest absolute Gasteiger partial charge is 0.507 e. The van der Waals surface area contributed by atoms with Crippen molar-refractivity contribution in [2.45, 2.75) is 6.04 Å². The number of anilines is 1. The number of carbonyl (C=O) groups excluding carboxylic acids is 2. The molecule has 4 rings (SSSR count). The monoisotopic (exact) mass is 408 g/mol. The van der Waals surface area contributed by atoms with Crippen LogP contribution in [0.4, 0.5) is 10.1 Å². The molecule has 7 heteroatoms. The highest BCUT2D eigenvalue weighted by molar-refractivity contribution is 6.51. The Balaban J connectivity index is 1.94. The van der Waals surface area contributed by atoms with Gasteiger partial charge in [0.15, 0.2) is 0 Å². The zero-order chi connectivity index (χ0) is 20.5. The lowest BCUT2D eigenvalue weighted by Gasteiger charge is -2.25. The molecule has 1 amide bonds. The topological polar surface area (TPSA) is 70.5 Å². The van der Waals surface area contributed by atoms with E-state index >= 15 is 0 Å². The molecule has 1 fully saturated rings. The summed E-state index contributed by atoms with van der Waals surface area (Å²) in [6, 6.07) is 14.0. The van der Waals surface area contributed by atoms with Crippen LogP contribution in [0.3, 0.4) is 0 Å². The van der Waals surface area contributed by atoms with Gasteiger partial charge < -0.3 is 5.11 Å². The van der Waals surface area contributed by atoms with Crippen molar-refractivity contribution in [3.05, 3.63) is 101 Å². The molecule has 2 heterocycles. The van der Waals surface area contributed by atoms with E-state index in [0.29, 0.717) is 21.8 Å². The van der Waals surface area contributed by atoms with E-state index in [9.17, 15) is 19.1 Å². The Morgan fingerprint density at radius 2 is 1.72 bits per heavy atom. The van der Waals surface area contributed by atoms with Crippen molar-refractivity contribution in [3.8, 4) is 0 Å². The summed E-state index contributed by atoms with van der Waals surface area (Å²) in [4.78, 5) is 31.0. The maximum Gasteiger partial charge on any atom is 0.300 e. The van der Waals surface area contributed by atoms with E-state index in [1.54, 1.807) is 42.6 Å². The quantitative estimate of drug-likeness (QED) is 0.393. The van der Waals surface area contributed by atoms with Gasteiger partial charge in [-0.05, 0) is 54.1 Å². The van der Waals surface area contributed by atoms with E-state index in [-0.39, 0.29) is 11.3 Å². The molecule has 0 radical (unpaired) electrons. The molecule has 1 atom stereocenters. The third-order valence-electron chi connectivity index (χ3n) is 4.67. The van der Waals surface area contributed by atoms with Crippen LogP contribution in [0, 0.1) is 5.82 Å². The van der Waals surface area contributed by atoms with Crippen molar-refractivity contribution in [2.75, 3.05) is 4.90 Å². The SMILES string of the molecule is O=C1C(=O)N(c2cccnc2)[C@@H](c2ccc(F)cc2)C1=C(O)c1ccc(Cl)cc1. The molecule has 144 valence electrons. The van der Waals surface area contributed by atoms with Crippen molar-refractivity contribution >= 4 is 34.7 Å². The van der Waals surface area contributed by atoms with Gasteiger partial charge in [-0.25, -0.2) is 4.39 Å². The molecule has 1 aliphatic heterocycles. The molecule has 0 unspecified atom stereocenters. The first-order valence-electron chi connectivity index (χ1n) is 8.70. The predicted octanol–water partition coefficient (Wildman–Crippen LogP) is 4.50. The van der Waals surface area contributed by atoms with Crippen LogP contribution < -0.4 is 4.90 Å². The highest BCUT2D eigenvalue weighted by Crippen LogP contribution is 2.41. The number of ketones is 1. The fourth-order valence-electron chi connectivity index (χ4n) is 3.32. The van der Waals surface area contributed by atoms with E-state index in [2.05, 4.69) is 4.98 Å². The van der Waals surface area contributed by atoms with Crippen LogP contribution in [-0.4, -0.2) is 21.8 Å². The number of aliphatic hydroxyl groups excluding tert-OH is 1. The lowest BCUT2D eigenvalue weighted by atomic mass is 9.95. The summed E-state index contributed by atoms with van der Waals surface area (Å²) in [6.07, 6.45) is 2.99. The Labute approximate surface area is 170 Å². The van der Waals surface area contributed by atoms with E-state index < -0.39 is 23.5 Å². The average molecular weight is 409 g/mol. The van der Waals surface area contributed by atoms with Crippen LogP contribution in [0.1, 0.15) is 17.2 Å². The Bertz CT molecular complexity index is 1110. The standard InChI is InChI=1S/C22H14ClFN2O3/c23-15-7-3-14(4-8-15)20(27)18-19(13-5-9-16(24)10-6-13)26(22(29)21(18)28)17-2-1-11-25-12-17/h1-12,19,27H/t19-/m0/s1. The summed E-state index contributed by atoms with van der Waals surface area (Å²) in [5.74, 6) is -2.43. The third-order valence-corrected chi connectivity index (χ3v) is 4.92. The first-order valence-corrected chi connectivity index (χ1v) is 9.07. The van der Waals surface area contributed by atoms with Crippen LogP contribution in [0.2, 0.25) is 5.02 Å². The number of aromatic nitrogens is 1. The number of amides is 1. The van der Waals surface area contributed by atoms with Crippen molar-refractivity contribution in [1.29, 1.82) is 0 Å². The molecule has 1 saturated heterocycles. The predicted molar refractivity (Wildman–Crippen MR) is 107 cm³/mol. The van der Waals surface area contributed by atoms with Gasteiger partial charge in [0.05, 0.1) is 23.5 Å². The lowest BCUT2D eigenvalue weighted by Crippen LogP contribution is -2.29. The van der Waals surface area contributed by atoms with Gasteiger partial charge in [0.1, 0.15) is 11.6 Å². The van der Waals surface area contributed by atoms with Gasteiger partial charge in [0.25, 0.3) is 11.7 Å². The zero-order valence-electron chi connectivity index (χ0n) is 14.9. The van der Waals surface area contributed by atoms with E-state index in [0.717, 1.165) is 0 Å². The third kappa shape index (κ3) is 3.39. The number of aliphatic hydroxyl groups is 1. The fraction of sp³-hybridized carbons (Fsp3) is 0.0455. The van der Waals surface area contributed by atoms with Gasteiger partial charge in [-0.1, -0.05) is 23.7 Å². The molecule has 2 aromatic carbocycles. The minimum atomic E-state index is -0.935. The number of nitrogens with zero attached hydrogens (tertiary/aromatic N) is 2. The molecule has 0 bridgehead atoms. The maximum atomic E-state index is 13.5. The van der Waals surface area contributed by atoms with Gasteiger partial charge in [-0.3, -0.25) is 19.5 Å². The summed E-state index contributed by atoms with van der Waals surface area (Å²) in [5, 5.41) is 11.4. The minimum Gasteiger partial charge on any atom is -0.507 e. The Morgan fingerprint density at radius 1 is 1.03 bits per heavy atom. The summed E-state index contributed by atoms with van der Waals surface area (Å²) < 4.78 is 13.5. The number of pyridine rings is 1. The fourth-order valence-corrected chi connectivity index (χ4v) is 3.44. The number of Topliss-reactive ketones (excluding diaryl/α,β-unsaturated/α-hetero) is 1. The number of halogens is 2. The number of rotatable bonds is 3. The summed E-state index contributed by atoms with van der Waals surface area (Å²) in [7, 11) is 0. The smallest absolute Gasteiger partial charge is 0.300 e. The number of hydrogen-bond acceptors (Lipinski definition) is 4. The van der Waals surface area contributed by atoms with E-state index in [1.165, 1.54) is 35.4 Å². The van der Waals surface area contributed by atoms with Crippen molar-refractivity contribution < 1.29 is 19.1 Å². The molecule has 1 aromatic heterocycles. The molecule has 0 aliphatic carbocycles. The van der Waals surface area contributed by atoms with Crippen LogP contribution in [0.5, 0.6) is 0 Å². The number of hydrogen-bond donors (Lipinski definition) is 1. The van der Waals surface area contributed by atoms with Crippen molar-refractivity contribution in [3.63, 3.8) is 0 Å². The zero-order valence-corrected chi connectivity index (χ0v) is 15.7. The molecule has 0 spiro atoms. The minimum absolute atomic E-state index is 0.0900. The first kappa shape index (κ1) is 18.8. The summed E-state index contributed by atoms with van der Waals surface area (Å²) >= 11 is 5.90. The van der Waals surface area contributed by atoms with Gasteiger partial charge >= 0.3 is 0 Å². The van der Waals surface area contributed by atoms with Crippen LogP contribution >= 0.6 is 11.6 Å². The van der Waals surface area contributed by atoms with Crippen LogP contribution in [0.25, 0.3) is 5.76 Å². The Morgan fingerprint density at radius 3 is 2.34 bits per heavy atom. The highest BCUT2D eigenvalue weighted by atomic mass is 35.5. The summed E-state index contributed by atoms with van der Waals surface area (Å²) in [5.41, 5.74) is 1.11. The number of benzene rings is 2. The Hall–Kier alpha value is -3.51. The molecule has 29 heavy (non-hydrogen) atoms. The second kappa shape index (κ2) is 7.48. The lowest BCUT2D eigenvalue weighted by molar-refractivity contribution is -0.132. The normalized spacial score (nSPS) is 18.3. The highest BCUT2D eigenvalue weighted by Gasteiger charge is 2.47. The molecular weight excluding hydrogens is 395 g/mol. The first-order chi connectivity index (χ1) is 14.0. The maximum absolute atomic E-state index is 13.5. The molecule has 1 aliphatic rings.